The van der Waals surface area contributed by atoms with E-state index >= 15 is 0 Å². The van der Waals surface area contributed by atoms with Crippen LogP contribution in [0.4, 0.5) is 13.2 Å². The molecule has 0 radical (unpaired) electrons. The molecule has 0 atom stereocenters. The third-order valence-electron chi connectivity index (χ3n) is 4.19. The summed E-state index contributed by atoms with van der Waals surface area (Å²) in [6.45, 7) is 0. The summed E-state index contributed by atoms with van der Waals surface area (Å²) in [5, 5.41) is 5.40. The normalized spacial score (nSPS) is 11.3. The van der Waals surface area contributed by atoms with Gasteiger partial charge < -0.3 is 0 Å². The van der Waals surface area contributed by atoms with Crippen LogP contribution in [0.5, 0.6) is 0 Å². The second kappa shape index (κ2) is 5.13. The second-order valence-electron chi connectivity index (χ2n) is 5.42. The van der Waals surface area contributed by atoms with Crippen molar-refractivity contribution in [2.45, 2.75) is 0 Å². The molecular weight excluding hydrogens is 297 g/mol. The highest BCUT2D eigenvalue weighted by molar-refractivity contribution is 6.18. The summed E-state index contributed by atoms with van der Waals surface area (Å²) >= 11 is 0. The molecule has 4 aromatic carbocycles. The van der Waals surface area contributed by atoms with Gasteiger partial charge >= 0.3 is 6.08 Å². The predicted molar refractivity (Wildman–Crippen MR) is 89.2 cm³/mol. The van der Waals surface area contributed by atoms with Crippen LogP contribution >= 0.6 is 0 Å². The maximum absolute atomic E-state index is 13.8. The standard InChI is InChI=1S/C20H11F3/c21-19(20(22)23)18-7-3-6-14-16-9-8-12-4-1-2-5-13(12)15(16)10-11-17(14)18/h1-11H. The van der Waals surface area contributed by atoms with Crippen molar-refractivity contribution in [1.82, 2.24) is 0 Å². The maximum atomic E-state index is 13.8. The first-order chi connectivity index (χ1) is 11.2. The summed E-state index contributed by atoms with van der Waals surface area (Å²) in [5.74, 6) is -1.46. The van der Waals surface area contributed by atoms with Crippen molar-refractivity contribution in [3.05, 3.63) is 78.4 Å². The van der Waals surface area contributed by atoms with Gasteiger partial charge in [-0.1, -0.05) is 66.7 Å². The van der Waals surface area contributed by atoms with Gasteiger partial charge in [0.15, 0.2) is 5.83 Å². The van der Waals surface area contributed by atoms with Crippen molar-refractivity contribution in [2.75, 3.05) is 0 Å². The van der Waals surface area contributed by atoms with E-state index in [9.17, 15) is 13.2 Å². The van der Waals surface area contributed by atoms with Crippen molar-refractivity contribution in [3.63, 3.8) is 0 Å². The number of hydrogen-bond acceptors (Lipinski definition) is 0. The molecule has 4 aromatic rings. The van der Waals surface area contributed by atoms with E-state index in [1.54, 1.807) is 12.1 Å². The Labute approximate surface area is 130 Å². The van der Waals surface area contributed by atoms with Gasteiger partial charge in [0.25, 0.3) is 0 Å². The molecule has 0 heterocycles. The average molecular weight is 308 g/mol. The Kier molecular flexibility index (Phi) is 3.08. The fourth-order valence-corrected chi connectivity index (χ4v) is 3.15. The molecule has 0 fully saturated rings. The lowest BCUT2D eigenvalue weighted by Crippen LogP contribution is -1.86. The molecule has 0 spiro atoms. The molecule has 0 bridgehead atoms. The van der Waals surface area contributed by atoms with Gasteiger partial charge in [-0.15, -0.1) is 0 Å². The molecule has 4 rings (SSSR count). The molecule has 112 valence electrons. The highest BCUT2D eigenvalue weighted by Crippen LogP contribution is 2.35. The number of rotatable bonds is 1. The first-order valence-electron chi connectivity index (χ1n) is 7.21. The predicted octanol–water partition coefficient (Wildman–Crippen LogP) is 6.68. The minimum Gasteiger partial charge on any atom is -0.200 e. The second-order valence-corrected chi connectivity index (χ2v) is 5.42. The molecule has 3 heteroatoms. The van der Waals surface area contributed by atoms with Gasteiger partial charge in [0.05, 0.1) is 0 Å². The fourth-order valence-electron chi connectivity index (χ4n) is 3.15. The molecule has 0 aliphatic heterocycles. The lowest BCUT2D eigenvalue weighted by molar-refractivity contribution is 0.410. The molecule has 0 aliphatic carbocycles. The monoisotopic (exact) mass is 308 g/mol. The van der Waals surface area contributed by atoms with E-state index in [4.69, 9.17) is 0 Å². The van der Waals surface area contributed by atoms with Crippen molar-refractivity contribution in [3.8, 4) is 0 Å². The van der Waals surface area contributed by atoms with E-state index in [0.717, 1.165) is 26.9 Å². The Hall–Kier alpha value is -2.81. The van der Waals surface area contributed by atoms with Crippen LogP contribution in [-0.4, -0.2) is 0 Å². The van der Waals surface area contributed by atoms with Crippen LogP contribution in [0.2, 0.25) is 0 Å². The minimum absolute atomic E-state index is 0.0717. The average Bonchev–Trinajstić information content (AvgIpc) is 2.59. The zero-order valence-corrected chi connectivity index (χ0v) is 12.0. The van der Waals surface area contributed by atoms with Crippen molar-refractivity contribution in [2.24, 2.45) is 0 Å². The molecule has 0 unspecified atom stereocenters. The van der Waals surface area contributed by atoms with Crippen LogP contribution in [-0.2, 0) is 0 Å². The van der Waals surface area contributed by atoms with Crippen LogP contribution in [0.3, 0.4) is 0 Å². The van der Waals surface area contributed by atoms with E-state index in [1.165, 1.54) is 6.07 Å². The molecular formula is C20H11F3. The topological polar surface area (TPSA) is 0 Å². The van der Waals surface area contributed by atoms with E-state index in [2.05, 4.69) is 0 Å². The molecule has 23 heavy (non-hydrogen) atoms. The Morgan fingerprint density at radius 2 is 1.13 bits per heavy atom. The number of hydrogen-bond donors (Lipinski definition) is 0. The largest absolute Gasteiger partial charge is 0.306 e. The molecule has 0 aliphatic rings. The lowest BCUT2D eigenvalue weighted by Gasteiger charge is -2.10. The first kappa shape index (κ1) is 13.8. The van der Waals surface area contributed by atoms with Gasteiger partial charge in [0.1, 0.15) is 0 Å². The molecule has 0 aromatic heterocycles. The highest BCUT2D eigenvalue weighted by atomic mass is 19.3. The zero-order chi connectivity index (χ0) is 16.0. The Morgan fingerprint density at radius 1 is 0.522 bits per heavy atom. The van der Waals surface area contributed by atoms with Gasteiger partial charge in [-0.05, 0) is 32.3 Å². The number of fused-ring (bicyclic) bond motifs is 5. The highest BCUT2D eigenvalue weighted by Gasteiger charge is 2.13. The lowest BCUT2D eigenvalue weighted by atomic mass is 9.95. The third-order valence-corrected chi connectivity index (χ3v) is 4.19. The van der Waals surface area contributed by atoms with E-state index < -0.39 is 11.9 Å². The van der Waals surface area contributed by atoms with Crippen LogP contribution in [0.15, 0.2) is 72.8 Å². The van der Waals surface area contributed by atoms with Crippen LogP contribution in [0.1, 0.15) is 5.56 Å². The van der Waals surface area contributed by atoms with Crippen LogP contribution in [0.25, 0.3) is 38.1 Å². The summed E-state index contributed by atoms with van der Waals surface area (Å²) < 4.78 is 39.1. The van der Waals surface area contributed by atoms with Gasteiger partial charge in [-0.2, -0.15) is 8.78 Å². The van der Waals surface area contributed by atoms with E-state index in [1.807, 2.05) is 48.5 Å². The van der Waals surface area contributed by atoms with Crippen molar-refractivity contribution in [1.29, 1.82) is 0 Å². The van der Waals surface area contributed by atoms with Gasteiger partial charge in [0, 0.05) is 5.56 Å². The third kappa shape index (κ3) is 2.08. The quantitative estimate of drug-likeness (QED) is 0.344. The fraction of sp³-hybridized carbons (Fsp3) is 0. The molecule has 0 amide bonds. The first-order valence-corrected chi connectivity index (χ1v) is 7.21. The summed E-state index contributed by atoms with van der Waals surface area (Å²) in [6.07, 6.45) is -2.30. The number of benzene rings is 4. The van der Waals surface area contributed by atoms with Crippen LogP contribution in [0, 0.1) is 0 Å². The Morgan fingerprint density at radius 3 is 1.96 bits per heavy atom. The molecule has 0 N–H and O–H groups in total. The summed E-state index contributed by atoms with van der Waals surface area (Å²) in [7, 11) is 0. The summed E-state index contributed by atoms with van der Waals surface area (Å²) in [5.41, 5.74) is -0.0717. The summed E-state index contributed by atoms with van der Waals surface area (Å²) in [4.78, 5) is 0. The Bertz CT molecular complexity index is 1090. The van der Waals surface area contributed by atoms with Crippen molar-refractivity contribution >= 4 is 38.1 Å². The SMILES string of the molecule is FC(F)=C(F)c1cccc2c1ccc1c3ccccc3ccc21. The van der Waals surface area contributed by atoms with E-state index in [-0.39, 0.29) is 5.56 Å². The zero-order valence-electron chi connectivity index (χ0n) is 12.0. The van der Waals surface area contributed by atoms with Crippen molar-refractivity contribution < 1.29 is 13.2 Å². The molecule has 0 nitrogen and oxygen atoms in total. The minimum atomic E-state index is -2.30. The molecule has 0 saturated heterocycles. The van der Waals surface area contributed by atoms with Gasteiger partial charge in [-0.3, -0.25) is 0 Å². The smallest absolute Gasteiger partial charge is 0.200 e. The maximum Gasteiger partial charge on any atom is 0.306 e. The summed E-state index contributed by atoms with van der Waals surface area (Å²) in [6, 6.07) is 20.3. The van der Waals surface area contributed by atoms with Gasteiger partial charge in [-0.25, -0.2) is 4.39 Å². The Balaban J connectivity index is 2.17. The van der Waals surface area contributed by atoms with Gasteiger partial charge in [0.2, 0.25) is 0 Å². The van der Waals surface area contributed by atoms with Crippen LogP contribution < -0.4 is 0 Å². The molecule has 0 saturated carbocycles. The van der Waals surface area contributed by atoms with E-state index in [0.29, 0.717) is 5.39 Å². The number of halogens is 3.